The lowest BCUT2D eigenvalue weighted by atomic mass is 9.96. The van der Waals surface area contributed by atoms with Gasteiger partial charge >= 0.3 is 0 Å². The van der Waals surface area contributed by atoms with Crippen molar-refractivity contribution >= 4 is 48.5 Å². The molecule has 1 aliphatic rings. The van der Waals surface area contributed by atoms with Crippen LogP contribution in [0.3, 0.4) is 0 Å². The molecule has 0 aromatic heterocycles. The number of hydrogen-bond acceptors (Lipinski definition) is 2. The number of hydrogen-bond donors (Lipinski definition) is 0. The zero-order chi connectivity index (χ0) is 12.9. The van der Waals surface area contributed by atoms with Crippen molar-refractivity contribution in [2.24, 2.45) is 0 Å². The number of carbonyl (C=O) groups excluding carboxylic acids is 1. The average Bonchev–Trinajstić information content (AvgIpc) is 2.37. The smallest absolute Gasteiger partial charge is 0.274 e. The van der Waals surface area contributed by atoms with Gasteiger partial charge in [0.25, 0.3) is 5.91 Å². The molecule has 92 valence electrons. The Morgan fingerprint density at radius 1 is 1.11 bits per heavy atom. The van der Waals surface area contributed by atoms with Gasteiger partial charge in [-0.2, -0.15) is 0 Å². The minimum atomic E-state index is -0.0967. The molecule has 0 aliphatic carbocycles. The van der Waals surface area contributed by atoms with Crippen LogP contribution >= 0.6 is 31.9 Å². The monoisotopic (exact) mass is 369 g/mol. The van der Waals surface area contributed by atoms with Crippen LogP contribution in [0.25, 0.3) is 10.8 Å². The molecule has 1 aliphatic heterocycles. The van der Waals surface area contributed by atoms with Gasteiger partial charge in [0.1, 0.15) is 0 Å². The Morgan fingerprint density at radius 3 is 2.44 bits per heavy atom. The molecule has 0 bridgehead atoms. The maximum atomic E-state index is 12.2. The zero-order valence-corrected chi connectivity index (χ0v) is 12.7. The van der Waals surface area contributed by atoms with Crippen LogP contribution in [-0.2, 0) is 11.4 Å². The first-order valence-electron chi connectivity index (χ1n) is 5.39. The summed E-state index contributed by atoms with van der Waals surface area (Å²) in [5.41, 5.74) is 1.77. The quantitative estimate of drug-likeness (QED) is 0.762. The fourth-order valence-corrected chi connectivity index (χ4v) is 3.66. The molecule has 0 unspecified atom stereocenters. The summed E-state index contributed by atoms with van der Waals surface area (Å²) >= 11 is 7.07. The SMILES string of the molecule is CON1Cc2ccc(Br)c3c(Br)ccc(c23)C1=O. The highest BCUT2D eigenvalue weighted by Crippen LogP contribution is 2.38. The predicted octanol–water partition coefficient (Wildman–Crippen LogP) is 3.88. The Bertz CT molecular complexity index is 661. The molecule has 0 N–H and O–H groups in total. The van der Waals surface area contributed by atoms with Gasteiger partial charge in [0.05, 0.1) is 19.2 Å². The molecule has 5 heteroatoms. The number of carbonyl (C=O) groups is 1. The summed E-state index contributed by atoms with van der Waals surface area (Å²) in [5.74, 6) is -0.0967. The van der Waals surface area contributed by atoms with Crippen molar-refractivity contribution < 1.29 is 9.63 Å². The number of amides is 1. The summed E-state index contributed by atoms with van der Waals surface area (Å²) in [6.45, 7) is 0.475. The van der Waals surface area contributed by atoms with Crippen LogP contribution in [0.2, 0.25) is 0 Å². The fourth-order valence-electron chi connectivity index (χ4n) is 2.30. The van der Waals surface area contributed by atoms with E-state index in [1.807, 2.05) is 24.3 Å². The van der Waals surface area contributed by atoms with E-state index in [0.29, 0.717) is 12.1 Å². The van der Waals surface area contributed by atoms with Crippen LogP contribution in [0.15, 0.2) is 33.2 Å². The molecule has 0 atom stereocenters. The second-order valence-corrected chi connectivity index (χ2v) is 5.78. The van der Waals surface area contributed by atoms with E-state index in [4.69, 9.17) is 4.84 Å². The van der Waals surface area contributed by atoms with E-state index in [0.717, 1.165) is 25.3 Å². The minimum absolute atomic E-state index is 0.0967. The third-order valence-corrected chi connectivity index (χ3v) is 4.46. The van der Waals surface area contributed by atoms with E-state index in [1.54, 1.807) is 0 Å². The van der Waals surface area contributed by atoms with Gasteiger partial charge in [-0.3, -0.25) is 9.63 Å². The Hall–Kier alpha value is -0.910. The van der Waals surface area contributed by atoms with Gasteiger partial charge in [-0.1, -0.05) is 37.9 Å². The molecule has 0 spiro atoms. The van der Waals surface area contributed by atoms with Gasteiger partial charge in [-0.25, -0.2) is 5.06 Å². The maximum absolute atomic E-state index is 12.2. The lowest BCUT2D eigenvalue weighted by molar-refractivity contribution is -0.102. The fraction of sp³-hybridized carbons (Fsp3) is 0.154. The molecule has 18 heavy (non-hydrogen) atoms. The zero-order valence-electron chi connectivity index (χ0n) is 9.54. The number of halogens is 2. The van der Waals surface area contributed by atoms with Gasteiger partial charge in [-0.15, -0.1) is 0 Å². The number of hydroxylamine groups is 2. The van der Waals surface area contributed by atoms with Gasteiger partial charge in [0, 0.05) is 19.7 Å². The summed E-state index contributed by atoms with van der Waals surface area (Å²) in [7, 11) is 1.51. The molecule has 3 rings (SSSR count). The highest BCUT2D eigenvalue weighted by Gasteiger charge is 2.27. The molecule has 0 radical (unpaired) electrons. The summed E-state index contributed by atoms with van der Waals surface area (Å²) in [4.78, 5) is 17.3. The van der Waals surface area contributed by atoms with Crippen LogP contribution in [0, 0.1) is 0 Å². The molecule has 3 nitrogen and oxygen atoms in total. The van der Waals surface area contributed by atoms with Gasteiger partial charge in [-0.05, 0) is 23.8 Å². The molecule has 2 aromatic carbocycles. The standard InChI is InChI=1S/C13H9Br2NO2/c1-18-16-6-7-2-4-9(14)12-10(15)5-3-8(11(7)12)13(16)17/h2-5H,6H2,1H3. The first-order valence-corrected chi connectivity index (χ1v) is 6.97. The Balaban J connectivity index is 2.42. The minimum Gasteiger partial charge on any atom is -0.274 e. The molecule has 2 aromatic rings. The van der Waals surface area contributed by atoms with E-state index in [9.17, 15) is 4.79 Å². The van der Waals surface area contributed by atoms with Crippen LogP contribution in [-0.4, -0.2) is 18.1 Å². The summed E-state index contributed by atoms with van der Waals surface area (Å²) in [6, 6.07) is 7.73. The molecule has 1 amide bonds. The molecule has 0 saturated heterocycles. The van der Waals surface area contributed by atoms with E-state index in [1.165, 1.54) is 12.2 Å². The second-order valence-electron chi connectivity index (χ2n) is 4.08. The summed E-state index contributed by atoms with van der Waals surface area (Å²) in [6.07, 6.45) is 0. The largest absolute Gasteiger partial charge is 0.278 e. The second kappa shape index (κ2) is 4.33. The van der Waals surface area contributed by atoms with Crippen molar-refractivity contribution in [2.75, 3.05) is 7.11 Å². The van der Waals surface area contributed by atoms with Crippen molar-refractivity contribution in [1.29, 1.82) is 0 Å². The number of rotatable bonds is 1. The van der Waals surface area contributed by atoms with Crippen LogP contribution < -0.4 is 0 Å². The van der Waals surface area contributed by atoms with Crippen molar-refractivity contribution in [1.82, 2.24) is 5.06 Å². The van der Waals surface area contributed by atoms with Crippen LogP contribution in [0.5, 0.6) is 0 Å². The van der Waals surface area contributed by atoms with Crippen molar-refractivity contribution in [2.45, 2.75) is 6.54 Å². The molecule has 0 fully saturated rings. The van der Waals surface area contributed by atoms with Gasteiger partial charge in [0.2, 0.25) is 0 Å². The lowest BCUT2D eigenvalue weighted by Gasteiger charge is -2.27. The van der Waals surface area contributed by atoms with Crippen LogP contribution in [0.1, 0.15) is 15.9 Å². The first-order chi connectivity index (χ1) is 8.63. The van der Waals surface area contributed by atoms with Crippen molar-refractivity contribution in [3.05, 3.63) is 44.3 Å². The molecular weight excluding hydrogens is 362 g/mol. The lowest BCUT2D eigenvalue weighted by Crippen LogP contribution is -2.32. The van der Waals surface area contributed by atoms with Crippen LogP contribution in [0.4, 0.5) is 0 Å². The van der Waals surface area contributed by atoms with Gasteiger partial charge < -0.3 is 0 Å². The predicted molar refractivity (Wildman–Crippen MR) is 76.2 cm³/mol. The first kappa shape index (κ1) is 12.1. The maximum Gasteiger partial charge on any atom is 0.278 e. The van der Waals surface area contributed by atoms with E-state index in [-0.39, 0.29) is 5.91 Å². The third kappa shape index (κ3) is 1.61. The Kier molecular flexibility index (Phi) is 2.92. The normalized spacial score (nSPS) is 14.4. The summed E-state index contributed by atoms with van der Waals surface area (Å²) in [5, 5.41) is 3.41. The van der Waals surface area contributed by atoms with Crippen molar-refractivity contribution in [3.8, 4) is 0 Å². The Labute approximate surface area is 121 Å². The molecule has 1 heterocycles. The summed E-state index contributed by atoms with van der Waals surface area (Å²) < 4.78 is 1.96. The highest BCUT2D eigenvalue weighted by atomic mass is 79.9. The van der Waals surface area contributed by atoms with E-state index in [2.05, 4.69) is 31.9 Å². The Morgan fingerprint density at radius 2 is 1.78 bits per heavy atom. The number of benzene rings is 2. The highest BCUT2D eigenvalue weighted by molar-refractivity contribution is 9.11. The van der Waals surface area contributed by atoms with Gasteiger partial charge in [0.15, 0.2) is 0 Å². The third-order valence-electron chi connectivity index (χ3n) is 3.14. The van der Waals surface area contributed by atoms with Crippen molar-refractivity contribution in [3.63, 3.8) is 0 Å². The topological polar surface area (TPSA) is 29.5 Å². The molecular formula is C13H9Br2NO2. The van der Waals surface area contributed by atoms with E-state index >= 15 is 0 Å². The molecule has 0 saturated carbocycles. The average molecular weight is 371 g/mol. The number of nitrogens with zero attached hydrogens (tertiary/aromatic N) is 1. The van der Waals surface area contributed by atoms with E-state index < -0.39 is 0 Å².